The Morgan fingerprint density at radius 2 is 1.86 bits per heavy atom. The Balaban J connectivity index is 1.94. The number of benzene rings is 2. The van der Waals surface area contributed by atoms with Crippen LogP contribution in [0.4, 0.5) is 10.1 Å². The Labute approximate surface area is 129 Å². The highest BCUT2D eigenvalue weighted by Crippen LogP contribution is 2.17. The zero-order valence-electron chi connectivity index (χ0n) is 12.3. The summed E-state index contributed by atoms with van der Waals surface area (Å²) in [5, 5.41) is 15.8. The maximum Gasteiger partial charge on any atom is 0.221 e. The smallest absolute Gasteiger partial charge is 0.221 e. The molecule has 0 radical (unpaired) electrons. The van der Waals surface area contributed by atoms with E-state index in [1.807, 2.05) is 24.3 Å². The first-order valence-corrected chi connectivity index (χ1v) is 7.06. The van der Waals surface area contributed by atoms with Crippen LogP contribution in [0.2, 0.25) is 0 Å². The molecule has 0 spiro atoms. The average Bonchev–Trinajstić information content (AvgIpc) is 2.49. The summed E-state index contributed by atoms with van der Waals surface area (Å²) >= 11 is 0. The summed E-state index contributed by atoms with van der Waals surface area (Å²) in [7, 11) is 0. The van der Waals surface area contributed by atoms with Crippen LogP contribution in [0.1, 0.15) is 24.2 Å². The molecule has 0 fully saturated rings. The van der Waals surface area contributed by atoms with Crippen molar-refractivity contribution in [3.05, 3.63) is 65.5 Å². The Morgan fingerprint density at radius 3 is 2.59 bits per heavy atom. The molecule has 2 aromatic carbocycles. The lowest BCUT2D eigenvalue weighted by Crippen LogP contribution is -2.22. The lowest BCUT2D eigenvalue weighted by atomic mass is 10.1. The minimum absolute atomic E-state index is 0.140. The number of anilines is 1. The third-order valence-electron chi connectivity index (χ3n) is 3.25. The maximum atomic E-state index is 13.6. The quantitative estimate of drug-likeness (QED) is 0.768. The molecule has 0 bridgehead atoms. The number of hydrogen-bond donors (Lipinski definition) is 3. The highest BCUT2D eigenvalue weighted by Gasteiger charge is 2.12. The largest absolute Gasteiger partial charge is 0.387 e. The highest BCUT2D eigenvalue weighted by atomic mass is 19.1. The fraction of sp³-hybridized carbons (Fsp3) is 0.235. The Kier molecular flexibility index (Phi) is 5.63. The van der Waals surface area contributed by atoms with E-state index in [0.29, 0.717) is 6.54 Å². The van der Waals surface area contributed by atoms with Crippen molar-refractivity contribution in [3.63, 3.8) is 0 Å². The van der Waals surface area contributed by atoms with Crippen LogP contribution in [0, 0.1) is 5.82 Å². The van der Waals surface area contributed by atoms with E-state index in [4.69, 9.17) is 0 Å². The average molecular weight is 302 g/mol. The second-order valence-electron chi connectivity index (χ2n) is 5.01. The molecule has 3 N–H and O–H groups in total. The van der Waals surface area contributed by atoms with Crippen LogP contribution in [-0.4, -0.2) is 17.6 Å². The fourth-order valence-corrected chi connectivity index (χ4v) is 2.18. The van der Waals surface area contributed by atoms with Gasteiger partial charge in [0.15, 0.2) is 0 Å². The number of aliphatic hydroxyl groups is 1. The van der Waals surface area contributed by atoms with E-state index in [1.54, 1.807) is 18.2 Å². The first-order chi connectivity index (χ1) is 10.6. The third-order valence-corrected chi connectivity index (χ3v) is 3.25. The number of hydrogen-bond acceptors (Lipinski definition) is 3. The molecule has 22 heavy (non-hydrogen) atoms. The van der Waals surface area contributed by atoms with Crippen LogP contribution < -0.4 is 10.6 Å². The number of carbonyl (C=O) groups is 1. The molecule has 0 heterocycles. The molecule has 0 aliphatic rings. The van der Waals surface area contributed by atoms with Crippen LogP contribution in [0.3, 0.4) is 0 Å². The molecule has 0 unspecified atom stereocenters. The van der Waals surface area contributed by atoms with Gasteiger partial charge in [0.2, 0.25) is 5.91 Å². The van der Waals surface area contributed by atoms with Gasteiger partial charge in [-0.05, 0) is 17.7 Å². The van der Waals surface area contributed by atoms with Gasteiger partial charge in [-0.25, -0.2) is 4.39 Å². The molecule has 0 aromatic heterocycles. The minimum Gasteiger partial charge on any atom is -0.387 e. The molecule has 0 saturated carbocycles. The number of aliphatic hydroxyl groups excluding tert-OH is 1. The Morgan fingerprint density at radius 1 is 1.18 bits per heavy atom. The van der Waals surface area contributed by atoms with Gasteiger partial charge >= 0.3 is 0 Å². The van der Waals surface area contributed by atoms with E-state index in [1.165, 1.54) is 13.0 Å². The molecule has 0 aliphatic carbocycles. The van der Waals surface area contributed by atoms with Crippen molar-refractivity contribution in [2.45, 2.75) is 19.6 Å². The van der Waals surface area contributed by atoms with Crippen molar-refractivity contribution in [1.82, 2.24) is 5.32 Å². The zero-order chi connectivity index (χ0) is 15.9. The summed E-state index contributed by atoms with van der Waals surface area (Å²) in [6.07, 6.45) is -0.922. The normalized spacial score (nSPS) is 12.0. The summed E-state index contributed by atoms with van der Waals surface area (Å²) in [5.41, 5.74) is 1.89. The van der Waals surface area contributed by atoms with E-state index in [2.05, 4.69) is 10.6 Å². The number of halogens is 1. The first kappa shape index (κ1) is 16.1. The van der Waals surface area contributed by atoms with Gasteiger partial charge in [0.1, 0.15) is 5.82 Å². The van der Waals surface area contributed by atoms with Gasteiger partial charge < -0.3 is 15.7 Å². The van der Waals surface area contributed by atoms with Crippen LogP contribution in [0.15, 0.2) is 48.5 Å². The minimum atomic E-state index is -0.922. The molecule has 116 valence electrons. The van der Waals surface area contributed by atoms with Crippen molar-refractivity contribution in [2.75, 3.05) is 11.9 Å². The number of carbonyl (C=O) groups excluding carboxylic acids is 1. The van der Waals surface area contributed by atoms with Gasteiger partial charge in [0.25, 0.3) is 0 Å². The van der Waals surface area contributed by atoms with Gasteiger partial charge in [0.05, 0.1) is 6.10 Å². The summed E-state index contributed by atoms with van der Waals surface area (Å²) in [6.45, 7) is 2.13. The van der Waals surface area contributed by atoms with Gasteiger partial charge in [-0.1, -0.05) is 36.4 Å². The fourth-order valence-electron chi connectivity index (χ4n) is 2.18. The molecular formula is C17H19FN2O2. The van der Waals surface area contributed by atoms with Crippen LogP contribution >= 0.6 is 0 Å². The van der Waals surface area contributed by atoms with E-state index in [0.717, 1.165) is 11.3 Å². The number of amides is 1. The van der Waals surface area contributed by atoms with Crippen molar-refractivity contribution in [3.8, 4) is 0 Å². The predicted molar refractivity (Wildman–Crippen MR) is 83.8 cm³/mol. The van der Waals surface area contributed by atoms with Crippen molar-refractivity contribution < 1.29 is 14.3 Å². The van der Waals surface area contributed by atoms with E-state index in [9.17, 15) is 14.3 Å². The van der Waals surface area contributed by atoms with Gasteiger partial charge in [-0.3, -0.25) is 4.79 Å². The molecule has 1 amide bonds. The second kappa shape index (κ2) is 7.68. The molecule has 4 nitrogen and oxygen atoms in total. The number of rotatable bonds is 6. The summed E-state index contributed by atoms with van der Waals surface area (Å²) < 4.78 is 13.6. The van der Waals surface area contributed by atoms with E-state index < -0.39 is 11.9 Å². The van der Waals surface area contributed by atoms with Crippen LogP contribution in [-0.2, 0) is 11.3 Å². The Bertz CT molecular complexity index is 646. The molecule has 2 aromatic rings. The van der Waals surface area contributed by atoms with E-state index in [-0.39, 0.29) is 18.0 Å². The molecule has 2 rings (SSSR count). The monoisotopic (exact) mass is 302 g/mol. The molecule has 0 aliphatic heterocycles. The Hall–Kier alpha value is -2.24. The summed E-state index contributed by atoms with van der Waals surface area (Å²) in [6, 6.07) is 13.6. The molecular weight excluding hydrogens is 283 g/mol. The highest BCUT2D eigenvalue weighted by molar-refractivity contribution is 5.89. The molecule has 1 atom stereocenters. The number of nitrogens with one attached hydrogen (secondary N) is 2. The second-order valence-corrected chi connectivity index (χ2v) is 5.01. The van der Waals surface area contributed by atoms with Crippen molar-refractivity contribution >= 4 is 11.6 Å². The standard InChI is InChI=1S/C17H19FN2O2/c1-12(21)20-16-9-5-2-6-13(16)10-19-11-17(22)14-7-3-4-8-15(14)18/h2-9,17,19,22H,10-11H2,1H3,(H,20,21)/t17-/m1/s1. The maximum absolute atomic E-state index is 13.6. The van der Waals surface area contributed by atoms with Gasteiger partial charge in [-0.2, -0.15) is 0 Å². The van der Waals surface area contributed by atoms with Crippen molar-refractivity contribution in [2.24, 2.45) is 0 Å². The molecule has 5 heteroatoms. The van der Waals surface area contributed by atoms with Gasteiger partial charge in [-0.15, -0.1) is 0 Å². The lowest BCUT2D eigenvalue weighted by Gasteiger charge is -2.14. The molecule has 0 saturated heterocycles. The first-order valence-electron chi connectivity index (χ1n) is 7.06. The number of para-hydroxylation sites is 1. The summed E-state index contributed by atoms with van der Waals surface area (Å²) in [4.78, 5) is 11.2. The zero-order valence-corrected chi connectivity index (χ0v) is 12.3. The summed E-state index contributed by atoms with van der Waals surface area (Å²) in [5.74, 6) is -0.561. The van der Waals surface area contributed by atoms with E-state index >= 15 is 0 Å². The SMILES string of the molecule is CC(=O)Nc1ccccc1CNC[C@@H](O)c1ccccc1F. The van der Waals surface area contributed by atoms with Crippen LogP contribution in [0.25, 0.3) is 0 Å². The lowest BCUT2D eigenvalue weighted by molar-refractivity contribution is -0.114. The van der Waals surface area contributed by atoms with Gasteiger partial charge in [0, 0.05) is 31.3 Å². The van der Waals surface area contributed by atoms with Crippen LogP contribution in [0.5, 0.6) is 0 Å². The predicted octanol–water partition coefficient (Wildman–Crippen LogP) is 2.61. The van der Waals surface area contributed by atoms with Crippen molar-refractivity contribution in [1.29, 1.82) is 0 Å². The third kappa shape index (κ3) is 4.38. The topological polar surface area (TPSA) is 61.4 Å².